The Morgan fingerprint density at radius 3 is 2.75 bits per heavy atom. The number of ketones is 1. The summed E-state index contributed by atoms with van der Waals surface area (Å²) in [4.78, 5) is 26.0. The quantitative estimate of drug-likeness (QED) is 0.787. The van der Waals surface area contributed by atoms with Gasteiger partial charge in [-0.15, -0.1) is 0 Å². The van der Waals surface area contributed by atoms with Gasteiger partial charge in [-0.2, -0.15) is 0 Å². The van der Waals surface area contributed by atoms with Crippen molar-refractivity contribution in [3.8, 4) is 0 Å². The molecule has 1 heterocycles. The van der Waals surface area contributed by atoms with E-state index in [9.17, 15) is 9.59 Å². The van der Waals surface area contributed by atoms with Gasteiger partial charge in [0.05, 0.1) is 17.4 Å². The van der Waals surface area contributed by atoms with Crippen molar-refractivity contribution in [3.05, 3.63) is 30.6 Å². The number of carboxylic acid groups (broad SMARTS) is 1. The monoisotopic (exact) mass is 218 g/mol. The van der Waals surface area contributed by atoms with Gasteiger partial charge >= 0.3 is 5.97 Å². The average Bonchev–Trinajstić information content (AvgIpc) is 2.70. The van der Waals surface area contributed by atoms with Crippen molar-refractivity contribution >= 4 is 22.8 Å². The first-order valence-electron chi connectivity index (χ1n) is 4.80. The van der Waals surface area contributed by atoms with Crippen molar-refractivity contribution in [2.45, 2.75) is 13.0 Å². The molecule has 5 heteroatoms. The maximum absolute atomic E-state index is 11.3. The van der Waals surface area contributed by atoms with E-state index in [1.54, 1.807) is 17.6 Å². The molecule has 0 aliphatic rings. The van der Waals surface area contributed by atoms with E-state index in [0.29, 0.717) is 0 Å². The number of carboxylic acids is 1. The molecule has 1 N–H and O–H groups in total. The fourth-order valence-corrected chi connectivity index (χ4v) is 1.59. The molecule has 82 valence electrons. The topological polar surface area (TPSA) is 72.2 Å². The number of imidazole rings is 1. The van der Waals surface area contributed by atoms with E-state index in [1.165, 1.54) is 6.33 Å². The zero-order valence-electron chi connectivity index (χ0n) is 8.62. The van der Waals surface area contributed by atoms with Gasteiger partial charge in [0.1, 0.15) is 6.04 Å². The van der Waals surface area contributed by atoms with Gasteiger partial charge in [0.15, 0.2) is 0 Å². The van der Waals surface area contributed by atoms with Crippen LogP contribution in [0.1, 0.15) is 13.0 Å². The molecule has 0 spiro atoms. The lowest BCUT2D eigenvalue weighted by Crippen LogP contribution is -2.23. The minimum absolute atomic E-state index is 0.743. The number of hydrogen-bond donors (Lipinski definition) is 1. The van der Waals surface area contributed by atoms with Gasteiger partial charge in [0, 0.05) is 0 Å². The van der Waals surface area contributed by atoms with E-state index >= 15 is 0 Å². The van der Waals surface area contributed by atoms with Crippen LogP contribution < -0.4 is 0 Å². The maximum atomic E-state index is 11.3. The Bertz CT molecular complexity index is 559. The molecule has 1 atom stereocenters. The summed E-state index contributed by atoms with van der Waals surface area (Å²) in [6.07, 6.45) is 1.48. The van der Waals surface area contributed by atoms with Crippen molar-refractivity contribution in [1.82, 2.24) is 9.55 Å². The Labute approximate surface area is 91.3 Å². The highest BCUT2D eigenvalue weighted by Crippen LogP contribution is 2.17. The first kappa shape index (κ1) is 10.4. The summed E-state index contributed by atoms with van der Waals surface area (Å²) in [5.74, 6) is -2.27. The van der Waals surface area contributed by atoms with E-state index in [4.69, 9.17) is 5.11 Å². The number of Topliss-reactive ketones (excluding diaryl/α,β-unsaturated/α-hetero) is 1. The van der Waals surface area contributed by atoms with E-state index in [2.05, 4.69) is 4.98 Å². The third-order valence-corrected chi connectivity index (χ3v) is 2.49. The fourth-order valence-electron chi connectivity index (χ4n) is 1.59. The highest BCUT2D eigenvalue weighted by Gasteiger charge is 2.22. The predicted octanol–water partition coefficient (Wildman–Crippen LogP) is 1.25. The molecular formula is C11H10N2O3. The highest BCUT2D eigenvalue weighted by atomic mass is 16.4. The third kappa shape index (κ3) is 1.56. The Morgan fingerprint density at radius 1 is 1.38 bits per heavy atom. The van der Waals surface area contributed by atoms with Gasteiger partial charge < -0.3 is 9.67 Å². The van der Waals surface area contributed by atoms with Crippen LogP contribution in [0.5, 0.6) is 0 Å². The number of nitrogens with zero attached hydrogens (tertiary/aromatic N) is 2. The molecule has 0 bridgehead atoms. The van der Waals surface area contributed by atoms with E-state index < -0.39 is 17.8 Å². The Morgan fingerprint density at radius 2 is 2.06 bits per heavy atom. The smallest absolute Gasteiger partial charge is 0.374 e. The summed E-state index contributed by atoms with van der Waals surface area (Å²) < 4.78 is 1.56. The zero-order valence-corrected chi connectivity index (χ0v) is 8.62. The molecule has 0 fully saturated rings. The molecule has 5 nitrogen and oxygen atoms in total. The molecule has 0 aliphatic heterocycles. The van der Waals surface area contributed by atoms with Crippen molar-refractivity contribution in [2.75, 3.05) is 0 Å². The Balaban J connectivity index is 2.48. The van der Waals surface area contributed by atoms with Crippen LogP contribution in [0.25, 0.3) is 11.0 Å². The second kappa shape index (κ2) is 3.77. The lowest BCUT2D eigenvalue weighted by Gasteiger charge is -2.10. The number of benzene rings is 1. The summed E-state index contributed by atoms with van der Waals surface area (Å²) in [6, 6.07) is 6.52. The summed E-state index contributed by atoms with van der Waals surface area (Å²) in [7, 11) is 0. The van der Waals surface area contributed by atoms with Crippen LogP contribution in [-0.4, -0.2) is 26.4 Å². The highest BCUT2D eigenvalue weighted by molar-refractivity contribution is 6.34. The average molecular weight is 218 g/mol. The van der Waals surface area contributed by atoms with Crippen LogP contribution in [0.4, 0.5) is 0 Å². The number of fused-ring (bicyclic) bond motifs is 1. The lowest BCUT2D eigenvalue weighted by molar-refractivity contribution is -0.150. The molecule has 0 saturated heterocycles. The Kier molecular flexibility index (Phi) is 2.44. The summed E-state index contributed by atoms with van der Waals surface area (Å²) in [5.41, 5.74) is 1.50. The van der Waals surface area contributed by atoms with Gasteiger partial charge in [-0.05, 0) is 19.1 Å². The molecule has 1 unspecified atom stereocenters. The van der Waals surface area contributed by atoms with Gasteiger partial charge in [0.2, 0.25) is 0 Å². The standard InChI is InChI=1S/C11H10N2O3/c1-7(10(14)11(15)16)13-6-12-8-4-2-3-5-9(8)13/h2-7H,1H3,(H,15,16). The molecular weight excluding hydrogens is 208 g/mol. The summed E-state index contributed by atoms with van der Waals surface area (Å²) in [5, 5.41) is 8.64. The number of rotatable bonds is 3. The number of para-hydroxylation sites is 2. The first-order valence-corrected chi connectivity index (χ1v) is 4.80. The number of aliphatic carboxylic acids is 1. The largest absolute Gasteiger partial charge is 0.475 e. The molecule has 2 rings (SSSR count). The zero-order chi connectivity index (χ0) is 11.7. The third-order valence-electron chi connectivity index (χ3n) is 2.49. The van der Waals surface area contributed by atoms with Crippen molar-refractivity contribution in [2.24, 2.45) is 0 Å². The predicted molar refractivity (Wildman–Crippen MR) is 57.1 cm³/mol. The van der Waals surface area contributed by atoms with E-state index in [0.717, 1.165) is 11.0 Å². The maximum Gasteiger partial charge on any atom is 0.374 e. The molecule has 16 heavy (non-hydrogen) atoms. The van der Waals surface area contributed by atoms with Crippen LogP contribution in [0.2, 0.25) is 0 Å². The fraction of sp³-hybridized carbons (Fsp3) is 0.182. The molecule has 0 saturated carbocycles. The number of carbonyl (C=O) groups excluding carboxylic acids is 1. The van der Waals surface area contributed by atoms with Gasteiger partial charge in [-0.3, -0.25) is 4.79 Å². The van der Waals surface area contributed by atoms with Crippen LogP contribution >= 0.6 is 0 Å². The van der Waals surface area contributed by atoms with Crippen LogP contribution in [0.15, 0.2) is 30.6 Å². The normalized spacial score (nSPS) is 12.6. The lowest BCUT2D eigenvalue weighted by atomic mass is 10.2. The molecule has 1 aromatic heterocycles. The van der Waals surface area contributed by atoms with E-state index in [-0.39, 0.29) is 0 Å². The first-order chi connectivity index (χ1) is 7.61. The summed E-state index contributed by atoms with van der Waals surface area (Å²) in [6.45, 7) is 1.55. The number of hydrogen-bond acceptors (Lipinski definition) is 3. The SMILES string of the molecule is CC(C(=O)C(=O)O)n1cnc2ccccc21. The Hall–Kier alpha value is -2.17. The van der Waals surface area contributed by atoms with Crippen molar-refractivity contribution in [3.63, 3.8) is 0 Å². The molecule has 0 radical (unpaired) electrons. The van der Waals surface area contributed by atoms with Gasteiger partial charge in [-0.1, -0.05) is 12.1 Å². The molecule has 0 amide bonds. The number of aromatic nitrogens is 2. The minimum atomic E-state index is -1.43. The molecule has 1 aromatic carbocycles. The van der Waals surface area contributed by atoms with Crippen LogP contribution in [0, 0.1) is 0 Å². The number of carbonyl (C=O) groups is 2. The second-order valence-electron chi connectivity index (χ2n) is 3.49. The van der Waals surface area contributed by atoms with Gasteiger partial charge in [-0.25, -0.2) is 9.78 Å². The van der Waals surface area contributed by atoms with Crippen molar-refractivity contribution in [1.29, 1.82) is 0 Å². The van der Waals surface area contributed by atoms with E-state index in [1.807, 2.05) is 18.2 Å². The van der Waals surface area contributed by atoms with Gasteiger partial charge in [0.25, 0.3) is 5.78 Å². The summed E-state index contributed by atoms with van der Waals surface area (Å²) >= 11 is 0. The van der Waals surface area contributed by atoms with Crippen molar-refractivity contribution < 1.29 is 14.7 Å². The minimum Gasteiger partial charge on any atom is -0.475 e. The van der Waals surface area contributed by atoms with Crippen LogP contribution in [-0.2, 0) is 9.59 Å². The molecule has 2 aromatic rings. The second-order valence-corrected chi connectivity index (χ2v) is 3.49. The van der Waals surface area contributed by atoms with Crippen LogP contribution in [0.3, 0.4) is 0 Å². The molecule has 0 aliphatic carbocycles.